The Morgan fingerprint density at radius 3 is 1.21 bits per heavy atom. The maximum atomic E-state index is 12.8. The number of quaternary nitrogens is 2. The highest BCUT2D eigenvalue weighted by Crippen LogP contribution is 2.32. The first kappa shape index (κ1) is 33.4. The molecule has 0 spiro atoms. The third kappa shape index (κ3) is 8.59. The number of piperidine rings is 2. The van der Waals surface area contributed by atoms with Gasteiger partial charge in [0, 0.05) is 0 Å². The molecular formula is C31H56N2O6+2. The van der Waals surface area contributed by atoms with Crippen LogP contribution in [-0.4, -0.2) is 97.0 Å². The molecule has 2 fully saturated rings. The number of Topliss-reactive ketones (excluding diaryl/α,β-unsaturated/α-hetero) is 2. The van der Waals surface area contributed by atoms with Gasteiger partial charge in [-0.25, -0.2) is 0 Å². The van der Waals surface area contributed by atoms with Crippen LogP contribution in [0.15, 0.2) is 0 Å². The Hall–Kier alpha value is -1.80. The highest BCUT2D eigenvalue weighted by molar-refractivity contribution is 5.98. The van der Waals surface area contributed by atoms with Gasteiger partial charge in [-0.3, -0.25) is 19.2 Å². The van der Waals surface area contributed by atoms with Gasteiger partial charge in [-0.1, -0.05) is 0 Å². The minimum absolute atomic E-state index is 0.138. The molecule has 6 atom stereocenters. The summed E-state index contributed by atoms with van der Waals surface area (Å²) < 4.78 is 12.5. The van der Waals surface area contributed by atoms with Crippen molar-refractivity contribution in [3.63, 3.8) is 0 Å². The summed E-state index contributed by atoms with van der Waals surface area (Å²) in [6, 6.07) is 1.63. The average molecular weight is 553 g/mol. The van der Waals surface area contributed by atoms with E-state index < -0.39 is 23.8 Å². The highest BCUT2D eigenvalue weighted by atomic mass is 16.5. The summed E-state index contributed by atoms with van der Waals surface area (Å²) in [6.45, 7) is 13.3. The van der Waals surface area contributed by atoms with Crippen molar-refractivity contribution in [3.05, 3.63) is 0 Å². The lowest BCUT2D eigenvalue weighted by molar-refractivity contribution is -0.959. The van der Waals surface area contributed by atoms with Gasteiger partial charge < -0.3 is 18.4 Å². The third-order valence-electron chi connectivity index (χ3n) is 10.5. The van der Waals surface area contributed by atoms with Crippen molar-refractivity contribution in [1.82, 2.24) is 0 Å². The quantitative estimate of drug-likeness (QED) is 0.137. The van der Waals surface area contributed by atoms with Crippen LogP contribution in [0.5, 0.6) is 0 Å². The van der Waals surface area contributed by atoms with E-state index in [0.717, 1.165) is 41.1 Å². The minimum atomic E-state index is -0.739. The van der Waals surface area contributed by atoms with E-state index >= 15 is 0 Å². The summed E-state index contributed by atoms with van der Waals surface area (Å²) in [5.74, 6) is -2.61. The van der Waals surface area contributed by atoms with Gasteiger partial charge >= 0.3 is 11.9 Å². The Morgan fingerprint density at radius 2 is 0.923 bits per heavy atom. The number of ether oxygens (including phenoxy) is 2. The van der Waals surface area contributed by atoms with Crippen LogP contribution >= 0.6 is 0 Å². The van der Waals surface area contributed by atoms with E-state index in [1.54, 1.807) is 0 Å². The average Bonchev–Trinajstić information content (AvgIpc) is 2.86. The number of esters is 2. The fourth-order valence-electron chi connectivity index (χ4n) is 6.64. The van der Waals surface area contributed by atoms with E-state index in [-0.39, 0.29) is 24.8 Å². The van der Waals surface area contributed by atoms with Crippen LogP contribution in [0.25, 0.3) is 0 Å². The van der Waals surface area contributed by atoms with Crippen molar-refractivity contribution in [1.29, 1.82) is 0 Å². The Kier molecular flexibility index (Phi) is 12.6. The van der Waals surface area contributed by atoms with Gasteiger partial charge in [-0.2, -0.15) is 0 Å². The molecule has 8 heteroatoms. The second kappa shape index (κ2) is 14.7. The van der Waals surface area contributed by atoms with E-state index in [0.29, 0.717) is 50.1 Å². The summed E-state index contributed by atoms with van der Waals surface area (Å²) >= 11 is 0. The monoisotopic (exact) mass is 552 g/mol. The van der Waals surface area contributed by atoms with E-state index in [9.17, 15) is 19.2 Å². The van der Waals surface area contributed by atoms with Crippen LogP contribution in [0, 0.1) is 11.8 Å². The molecule has 39 heavy (non-hydrogen) atoms. The van der Waals surface area contributed by atoms with Gasteiger partial charge in [-0.05, 0) is 99.3 Å². The summed E-state index contributed by atoms with van der Waals surface area (Å²) in [5.41, 5.74) is 0. The van der Waals surface area contributed by atoms with Crippen LogP contribution in [-0.2, 0) is 28.7 Å². The predicted molar refractivity (Wildman–Crippen MR) is 152 cm³/mol. The number of hydrogen-bond acceptors (Lipinski definition) is 6. The normalized spacial score (nSPS) is 32.6. The molecule has 0 aromatic carbocycles. The van der Waals surface area contributed by atoms with Gasteiger partial charge in [0.15, 0.2) is 11.8 Å². The summed E-state index contributed by atoms with van der Waals surface area (Å²) in [7, 11) is 4.32. The van der Waals surface area contributed by atoms with E-state index in [1.807, 2.05) is 0 Å². The molecule has 0 bridgehead atoms. The number of rotatable bonds is 14. The first-order valence-corrected chi connectivity index (χ1v) is 15.3. The van der Waals surface area contributed by atoms with Gasteiger partial charge in [0.1, 0.15) is 11.6 Å². The fraction of sp³-hybridized carbons (Fsp3) is 0.871. The molecule has 2 rings (SSSR count). The summed E-state index contributed by atoms with van der Waals surface area (Å²) in [5, 5.41) is 0. The molecule has 0 aromatic rings. The lowest BCUT2D eigenvalue weighted by Gasteiger charge is -2.49. The molecule has 0 aliphatic carbocycles. The molecule has 8 nitrogen and oxygen atoms in total. The Bertz CT molecular complexity index is 770. The molecule has 2 aliphatic rings. The van der Waals surface area contributed by atoms with Crippen LogP contribution in [0.2, 0.25) is 0 Å². The van der Waals surface area contributed by atoms with E-state index in [2.05, 4.69) is 41.8 Å². The second-order valence-corrected chi connectivity index (χ2v) is 13.0. The molecule has 0 radical (unpaired) electrons. The summed E-state index contributed by atoms with van der Waals surface area (Å²) in [6.07, 6.45) is 8.79. The van der Waals surface area contributed by atoms with Crippen LogP contribution < -0.4 is 0 Å². The molecular weight excluding hydrogens is 496 g/mol. The van der Waals surface area contributed by atoms with Crippen LogP contribution in [0.3, 0.4) is 0 Å². The van der Waals surface area contributed by atoms with Gasteiger partial charge in [0.25, 0.3) is 0 Å². The standard InChI is InChI=1S/C31H56N2O6/c1-22-14-12-15-23(2)32(22,7)20-28(26(5)34)30(36)38-18-10-9-11-19-39-31(37)29(27(6)35)21-33(8)24(3)16-13-17-25(33)4/h22-25,28-29H,9-21H2,1-8H3/q+2. The van der Waals surface area contributed by atoms with E-state index in [4.69, 9.17) is 9.47 Å². The topological polar surface area (TPSA) is 86.7 Å². The molecule has 2 heterocycles. The van der Waals surface area contributed by atoms with Crippen molar-refractivity contribution in [2.45, 2.75) is 123 Å². The van der Waals surface area contributed by atoms with Crippen molar-refractivity contribution in [2.24, 2.45) is 11.8 Å². The highest BCUT2D eigenvalue weighted by Gasteiger charge is 2.44. The van der Waals surface area contributed by atoms with Crippen LogP contribution in [0.1, 0.15) is 99.3 Å². The molecule has 2 saturated heterocycles. The number of nitrogens with zero attached hydrogens (tertiary/aromatic N) is 2. The molecule has 0 amide bonds. The Labute approximate surface area is 236 Å². The van der Waals surface area contributed by atoms with Gasteiger partial charge in [0.2, 0.25) is 0 Å². The molecule has 224 valence electrons. The molecule has 0 N–H and O–H groups in total. The SMILES string of the molecule is CC(=O)C(C[N+]1(C)C(C)CCCC1C)C(=O)OCCCCCOC(=O)C(C[N+]1(C)C(C)CCCC1C)C(C)=O. The van der Waals surface area contributed by atoms with Crippen LogP contribution in [0.4, 0.5) is 0 Å². The smallest absolute Gasteiger partial charge is 0.322 e. The zero-order valence-electron chi connectivity index (χ0n) is 26.0. The van der Waals surface area contributed by atoms with Gasteiger partial charge in [-0.15, -0.1) is 0 Å². The van der Waals surface area contributed by atoms with Crippen molar-refractivity contribution < 1.29 is 37.6 Å². The number of carbonyl (C=O) groups is 4. The lowest BCUT2D eigenvalue weighted by Crippen LogP contribution is -2.62. The number of hydrogen-bond donors (Lipinski definition) is 0. The summed E-state index contributed by atoms with van der Waals surface area (Å²) in [4.78, 5) is 50.3. The maximum absolute atomic E-state index is 12.8. The first-order chi connectivity index (χ1) is 18.2. The third-order valence-corrected chi connectivity index (χ3v) is 10.5. The number of ketones is 2. The zero-order valence-corrected chi connectivity index (χ0v) is 26.0. The molecule has 0 saturated carbocycles. The van der Waals surface area contributed by atoms with Gasteiger partial charge in [0.05, 0.1) is 64.6 Å². The Morgan fingerprint density at radius 1 is 0.615 bits per heavy atom. The largest absolute Gasteiger partial charge is 0.465 e. The second-order valence-electron chi connectivity index (χ2n) is 13.0. The molecule has 6 unspecified atom stereocenters. The molecule has 0 aromatic heterocycles. The maximum Gasteiger partial charge on any atom is 0.322 e. The zero-order chi connectivity index (χ0) is 29.4. The lowest BCUT2D eigenvalue weighted by atomic mass is 9.91. The fourth-order valence-corrected chi connectivity index (χ4v) is 6.64. The number of likely N-dealkylation sites (tertiary alicyclic amines) is 2. The first-order valence-electron chi connectivity index (χ1n) is 15.3. The van der Waals surface area contributed by atoms with Crippen molar-refractivity contribution in [2.75, 3.05) is 40.4 Å². The van der Waals surface area contributed by atoms with Crippen molar-refractivity contribution in [3.8, 4) is 0 Å². The van der Waals surface area contributed by atoms with Crippen molar-refractivity contribution >= 4 is 23.5 Å². The predicted octanol–water partition coefficient (Wildman–Crippen LogP) is 4.47. The van der Waals surface area contributed by atoms with E-state index in [1.165, 1.54) is 26.7 Å². The molecule has 2 aliphatic heterocycles. The number of unbranched alkanes of at least 4 members (excludes halogenated alkanes) is 2. The number of carbonyl (C=O) groups excluding carboxylic acids is 4. The minimum Gasteiger partial charge on any atom is -0.465 e. The Balaban J connectivity index is 1.75.